The molecule has 1 N–H and O–H groups in total. The Balaban J connectivity index is 2.40. The number of alkyl carbamates (subject to hydrolysis) is 1. The Bertz CT molecular complexity index is 424. The monoisotopic (exact) mass is 253 g/mol. The fourth-order valence-corrected chi connectivity index (χ4v) is 1.55. The van der Waals surface area contributed by atoms with Gasteiger partial charge in [-0.15, -0.1) is 0 Å². The van der Waals surface area contributed by atoms with Crippen molar-refractivity contribution in [1.82, 2.24) is 5.32 Å². The summed E-state index contributed by atoms with van der Waals surface area (Å²) in [6, 6.07) is 4.65. The van der Waals surface area contributed by atoms with Crippen LogP contribution in [0.4, 0.5) is 9.18 Å². The van der Waals surface area contributed by atoms with Crippen LogP contribution in [0.2, 0.25) is 0 Å². The van der Waals surface area contributed by atoms with E-state index >= 15 is 0 Å². The van der Waals surface area contributed by atoms with Crippen molar-refractivity contribution in [3.8, 4) is 0 Å². The van der Waals surface area contributed by atoms with Crippen molar-refractivity contribution in [3.63, 3.8) is 0 Å². The van der Waals surface area contributed by atoms with E-state index in [1.165, 1.54) is 12.1 Å². The third-order valence-corrected chi connectivity index (χ3v) is 2.37. The average Bonchev–Trinajstić information content (AvgIpc) is 2.18. The van der Waals surface area contributed by atoms with Crippen LogP contribution in [0.25, 0.3) is 0 Å². The van der Waals surface area contributed by atoms with Gasteiger partial charge in [0.05, 0.1) is 0 Å². The van der Waals surface area contributed by atoms with Crippen molar-refractivity contribution in [2.75, 3.05) is 6.54 Å². The molecule has 0 unspecified atom stereocenters. The number of nitrogens with one attached hydrogen (secondary N) is 1. The van der Waals surface area contributed by atoms with Crippen LogP contribution in [0.15, 0.2) is 18.2 Å². The maximum atomic E-state index is 12.9. The number of hydrogen-bond donors (Lipinski definition) is 1. The predicted octanol–water partition coefficient (Wildman–Crippen LogP) is 3.20. The molecule has 0 bridgehead atoms. The molecule has 0 spiro atoms. The Morgan fingerprint density at radius 3 is 2.61 bits per heavy atom. The molecule has 0 aliphatic heterocycles. The molecule has 0 aliphatic carbocycles. The van der Waals surface area contributed by atoms with Gasteiger partial charge in [0.15, 0.2) is 0 Å². The molecule has 0 atom stereocenters. The van der Waals surface area contributed by atoms with Gasteiger partial charge in [-0.25, -0.2) is 9.18 Å². The number of benzene rings is 1. The van der Waals surface area contributed by atoms with Gasteiger partial charge in [0, 0.05) is 6.54 Å². The molecule has 1 aromatic carbocycles. The molecule has 0 saturated heterocycles. The lowest BCUT2D eigenvalue weighted by Crippen LogP contribution is -2.33. The second-order valence-corrected chi connectivity index (χ2v) is 5.25. The molecule has 4 heteroatoms. The van der Waals surface area contributed by atoms with Crippen LogP contribution in [0.3, 0.4) is 0 Å². The Morgan fingerprint density at radius 2 is 2.06 bits per heavy atom. The molecule has 0 fully saturated rings. The minimum atomic E-state index is -0.490. The molecule has 1 amide bonds. The Kier molecular flexibility index (Phi) is 4.70. The van der Waals surface area contributed by atoms with E-state index in [0.717, 1.165) is 11.1 Å². The van der Waals surface area contributed by atoms with E-state index in [9.17, 15) is 9.18 Å². The van der Waals surface area contributed by atoms with Gasteiger partial charge in [-0.3, -0.25) is 0 Å². The third kappa shape index (κ3) is 5.17. The minimum absolute atomic E-state index is 0.239. The zero-order valence-electron chi connectivity index (χ0n) is 11.3. The Morgan fingerprint density at radius 1 is 1.39 bits per heavy atom. The average molecular weight is 253 g/mol. The number of ether oxygens (including phenoxy) is 1. The zero-order chi connectivity index (χ0) is 13.8. The number of carbonyl (C=O) groups excluding carboxylic acids is 1. The van der Waals surface area contributed by atoms with E-state index in [-0.39, 0.29) is 5.82 Å². The van der Waals surface area contributed by atoms with Gasteiger partial charge in [-0.05, 0) is 57.4 Å². The first-order chi connectivity index (χ1) is 8.28. The molecule has 100 valence electrons. The Hall–Kier alpha value is -1.58. The molecule has 3 nitrogen and oxygen atoms in total. The van der Waals surface area contributed by atoms with Crippen molar-refractivity contribution in [2.45, 2.75) is 39.7 Å². The summed E-state index contributed by atoms with van der Waals surface area (Å²) in [6.45, 7) is 7.78. The van der Waals surface area contributed by atoms with Gasteiger partial charge in [-0.2, -0.15) is 0 Å². The van der Waals surface area contributed by atoms with Crippen molar-refractivity contribution >= 4 is 6.09 Å². The Labute approximate surface area is 107 Å². The summed E-state index contributed by atoms with van der Waals surface area (Å²) in [5.41, 5.74) is 1.42. The second kappa shape index (κ2) is 5.85. The highest BCUT2D eigenvalue weighted by Gasteiger charge is 2.15. The lowest BCUT2D eigenvalue weighted by atomic mass is 10.1. The van der Waals surface area contributed by atoms with E-state index in [1.807, 2.05) is 27.7 Å². The second-order valence-electron chi connectivity index (χ2n) is 5.25. The highest BCUT2D eigenvalue weighted by molar-refractivity contribution is 5.67. The molecule has 0 heterocycles. The van der Waals surface area contributed by atoms with Crippen molar-refractivity contribution in [1.29, 1.82) is 0 Å². The molecule has 1 aromatic rings. The number of rotatable bonds is 3. The summed E-state index contributed by atoms with van der Waals surface area (Å²) in [5.74, 6) is -0.239. The lowest BCUT2D eigenvalue weighted by molar-refractivity contribution is 0.0528. The van der Waals surface area contributed by atoms with E-state index in [1.54, 1.807) is 6.07 Å². The first-order valence-electron chi connectivity index (χ1n) is 6.00. The van der Waals surface area contributed by atoms with Gasteiger partial charge < -0.3 is 10.1 Å². The number of amides is 1. The normalized spacial score (nSPS) is 11.2. The van der Waals surface area contributed by atoms with Gasteiger partial charge in [0.2, 0.25) is 0 Å². The fraction of sp³-hybridized carbons (Fsp3) is 0.500. The summed E-state index contributed by atoms with van der Waals surface area (Å²) >= 11 is 0. The van der Waals surface area contributed by atoms with Gasteiger partial charge in [-0.1, -0.05) is 6.07 Å². The van der Waals surface area contributed by atoms with E-state index in [2.05, 4.69) is 5.32 Å². The molecule has 18 heavy (non-hydrogen) atoms. The van der Waals surface area contributed by atoms with Crippen LogP contribution >= 0.6 is 0 Å². The maximum absolute atomic E-state index is 12.9. The minimum Gasteiger partial charge on any atom is -0.444 e. The predicted molar refractivity (Wildman–Crippen MR) is 69.1 cm³/mol. The maximum Gasteiger partial charge on any atom is 0.407 e. The van der Waals surface area contributed by atoms with E-state index in [0.29, 0.717) is 13.0 Å². The van der Waals surface area contributed by atoms with Crippen molar-refractivity contribution in [2.24, 2.45) is 0 Å². The standard InChI is InChI=1S/C14H20FNO2/c1-10-9-12(15)6-5-11(10)7-8-16-13(17)18-14(2,3)4/h5-6,9H,7-8H2,1-4H3,(H,16,17). The summed E-state index contributed by atoms with van der Waals surface area (Å²) in [7, 11) is 0. The van der Waals surface area contributed by atoms with Crippen LogP contribution < -0.4 is 5.32 Å². The summed E-state index contributed by atoms with van der Waals surface area (Å²) in [5, 5.41) is 2.67. The highest BCUT2D eigenvalue weighted by Crippen LogP contribution is 2.10. The van der Waals surface area contributed by atoms with Crippen molar-refractivity contribution < 1.29 is 13.9 Å². The van der Waals surface area contributed by atoms with Crippen LogP contribution in [-0.2, 0) is 11.2 Å². The van der Waals surface area contributed by atoms with E-state index in [4.69, 9.17) is 4.74 Å². The zero-order valence-corrected chi connectivity index (χ0v) is 11.3. The topological polar surface area (TPSA) is 38.3 Å². The van der Waals surface area contributed by atoms with E-state index < -0.39 is 11.7 Å². The molecular weight excluding hydrogens is 233 g/mol. The number of aryl methyl sites for hydroxylation is 1. The summed E-state index contributed by atoms with van der Waals surface area (Å²) in [6.07, 6.45) is 0.230. The van der Waals surface area contributed by atoms with Gasteiger partial charge in [0.25, 0.3) is 0 Å². The van der Waals surface area contributed by atoms with Crippen LogP contribution in [-0.4, -0.2) is 18.2 Å². The lowest BCUT2D eigenvalue weighted by Gasteiger charge is -2.19. The number of carbonyl (C=O) groups is 1. The van der Waals surface area contributed by atoms with Gasteiger partial charge >= 0.3 is 6.09 Å². The van der Waals surface area contributed by atoms with Crippen LogP contribution in [0.5, 0.6) is 0 Å². The largest absolute Gasteiger partial charge is 0.444 e. The smallest absolute Gasteiger partial charge is 0.407 e. The highest BCUT2D eigenvalue weighted by atomic mass is 19.1. The van der Waals surface area contributed by atoms with Crippen molar-refractivity contribution in [3.05, 3.63) is 35.1 Å². The summed E-state index contributed by atoms with van der Waals surface area (Å²) in [4.78, 5) is 11.4. The number of hydrogen-bond acceptors (Lipinski definition) is 2. The first kappa shape index (κ1) is 14.5. The first-order valence-corrected chi connectivity index (χ1v) is 6.00. The quantitative estimate of drug-likeness (QED) is 0.898. The van der Waals surface area contributed by atoms with Crippen LogP contribution in [0.1, 0.15) is 31.9 Å². The molecule has 0 radical (unpaired) electrons. The van der Waals surface area contributed by atoms with Crippen LogP contribution in [0, 0.1) is 12.7 Å². The summed E-state index contributed by atoms with van der Waals surface area (Å²) < 4.78 is 18.0. The molecule has 0 saturated carbocycles. The third-order valence-electron chi connectivity index (χ3n) is 2.37. The molecule has 1 rings (SSSR count). The molecule has 0 aromatic heterocycles. The number of halogens is 1. The molecule has 0 aliphatic rings. The fourth-order valence-electron chi connectivity index (χ4n) is 1.55. The van der Waals surface area contributed by atoms with Gasteiger partial charge in [0.1, 0.15) is 11.4 Å². The SMILES string of the molecule is Cc1cc(F)ccc1CCNC(=O)OC(C)(C)C. The molecular formula is C14H20FNO2.